The normalized spacial score (nSPS) is 18.4. The molecule has 1 fully saturated rings. The van der Waals surface area contributed by atoms with Crippen molar-refractivity contribution in [3.8, 4) is 5.75 Å². The zero-order valence-electron chi connectivity index (χ0n) is 16.1. The maximum absolute atomic E-state index is 6.01. The largest absolute Gasteiger partial charge is 0.492 e. The Bertz CT molecular complexity index is 465. The molecule has 1 aromatic carbocycles. The van der Waals surface area contributed by atoms with E-state index in [1.807, 2.05) is 0 Å². The number of likely N-dealkylation sites (N-methyl/N-ethyl adjacent to an activating group) is 1. The molecule has 1 atom stereocenters. The first-order valence-electron chi connectivity index (χ1n) is 9.98. The van der Waals surface area contributed by atoms with Crippen LogP contribution in [0.3, 0.4) is 0 Å². The lowest BCUT2D eigenvalue weighted by atomic mass is 10.1. The van der Waals surface area contributed by atoms with E-state index in [-0.39, 0.29) is 0 Å². The summed E-state index contributed by atoms with van der Waals surface area (Å²) in [4.78, 5) is 2.52. The summed E-state index contributed by atoms with van der Waals surface area (Å²) in [5, 5.41) is 3.57. The summed E-state index contributed by atoms with van der Waals surface area (Å²) in [6, 6.07) is 9.25. The molecule has 0 spiro atoms. The molecule has 1 aliphatic rings. The number of aryl methyl sites for hydroxylation is 1. The number of methoxy groups -OCH3 is 1. The van der Waals surface area contributed by atoms with Gasteiger partial charge in [0.2, 0.25) is 0 Å². The number of rotatable bonds is 12. The molecule has 0 aliphatic carbocycles. The summed E-state index contributed by atoms with van der Waals surface area (Å²) in [5.41, 5.74) is 1.38. The van der Waals surface area contributed by atoms with Crippen LogP contribution in [-0.4, -0.2) is 57.4 Å². The van der Waals surface area contributed by atoms with Gasteiger partial charge in [0, 0.05) is 32.8 Å². The maximum Gasteiger partial charge on any atom is 0.119 e. The van der Waals surface area contributed by atoms with Gasteiger partial charge < -0.3 is 14.8 Å². The summed E-state index contributed by atoms with van der Waals surface area (Å²) < 4.78 is 11.1. The van der Waals surface area contributed by atoms with Gasteiger partial charge in [0.05, 0.1) is 0 Å². The quantitative estimate of drug-likeness (QED) is 0.586. The van der Waals surface area contributed by atoms with Gasteiger partial charge in [-0.05, 0) is 62.9 Å². The second-order valence-corrected chi connectivity index (χ2v) is 7.00. The Morgan fingerprint density at radius 2 is 2.12 bits per heavy atom. The molecule has 4 nitrogen and oxygen atoms in total. The third-order valence-electron chi connectivity index (χ3n) is 4.89. The highest BCUT2D eigenvalue weighted by molar-refractivity contribution is 5.28. The molecule has 4 heteroatoms. The van der Waals surface area contributed by atoms with E-state index in [2.05, 4.69) is 41.4 Å². The fourth-order valence-corrected chi connectivity index (χ4v) is 3.55. The van der Waals surface area contributed by atoms with Crippen LogP contribution in [0.1, 0.15) is 44.6 Å². The predicted molar refractivity (Wildman–Crippen MR) is 105 cm³/mol. The smallest absolute Gasteiger partial charge is 0.119 e. The van der Waals surface area contributed by atoms with Gasteiger partial charge in [0.25, 0.3) is 0 Å². The van der Waals surface area contributed by atoms with E-state index in [9.17, 15) is 0 Å². The van der Waals surface area contributed by atoms with Gasteiger partial charge in [-0.3, -0.25) is 4.90 Å². The van der Waals surface area contributed by atoms with E-state index in [1.165, 1.54) is 37.8 Å². The van der Waals surface area contributed by atoms with Gasteiger partial charge in [-0.15, -0.1) is 0 Å². The minimum atomic E-state index is 0.653. The minimum absolute atomic E-state index is 0.653. The van der Waals surface area contributed by atoms with Crippen LogP contribution in [0.15, 0.2) is 24.3 Å². The van der Waals surface area contributed by atoms with E-state index < -0.39 is 0 Å². The number of unbranched alkanes of at least 4 members (excludes halogenated alkanes) is 2. The van der Waals surface area contributed by atoms with E-state index in [4.69, 9.17) is 9.47 Å². The highest BCUT2D eigenvalue weighted by Gasteiger charge is 2.18. The van der Waals surface area contributed by atoms with Crippen molar-refractivity contribution in [2.24, 2.45) is 0 Å². The third kappa shape index (κ3) is 8.21. The second kappa shape index (κ2) is 12.3. The van der Waals surface area contributed by atoms with Crippen molar-refractivity contribution in [2.45, 2.75) is 51.5 Å². The highest BCUT2D eigenvalue weighted by atomic mass is 16.5. The zero-order valence-corrected chi connectivity index (χ0v) is 16.1. The van der Waals surface area contributed by atoms with E-state index in [0.29, 0.717) is 6.04 Å². The molecule has 1 aliphatic heterocycles. The number of hydrogen-bond acceptors (Lipinski definition) is 4. The van der Waals surface area contributed by atoms with Crippen molar-refractivity contribution >= 4 is 0 Å². The summed E-state index contributed by atoms with van der Waals surface area (Å²) in [6.45, 7) is 8.26. The molecule has 0 radical (unpaired) electrons. The lowest BCUT2D eigenvalue weighted by Gasteiger charge is -2.32. The summed E-state index contributed by atoms with van der Waals surface area (Å²) in [7, 11) is 1.77. The van der Waals surface area contributed by atoms with E-state index in [0.717, 1.165) is 51.4 Å². The lowest BCUT2D eigenvalue weighted by molar-refractivity contribution is 0.160. The van der Waals surface area contributed by atoms with Crippen molar-refractivity contribution in [2.75, 3.05) is 46.5 Å². The monoisotopic (exact) mass is 348 g/mol. The van der Waals surface area contributed by atoms with Crippen LogP contribution < -0.4 is 10.1 Å². The Labute approximate surface area is 153 Å². The summed E-state index contributed by atoms with van der Waals surface area (Å²) in [5.74, 6) is 1.01. The van der Waals surface area contributed by atoms with Crippen LogP contribution >= 0.6 is 0 Å². The molecule has 2 rings (SSSR count). The molecular weight excluding hydrogens is 312 g/mol. The van der Waals surface area contributed by atoms with Crippen molar-refractivity contribution in [1.29, 1.82) is 0 Å². The first-order chi connectivity index (χ1) is 12.3. The van der Waals surface area contributed by atoms with E-state index in [1.54, 1.807) is 7.11 Å². The first-order valence-corrected chi connectivity index (χ1v) is 9.98. The predicted octanol–water partition coefficient (Wildman–Crippen LogP) is 3.50. The number of nitrogens with zero attached hydrogens (tertiary/aromatic N) is 1. The van der Waals surface area contributed by atoms with Crippen molar-refractivity contribution in [1.82, 2.24) is 10.2 Å². The van der Waals surface area contributed by atoms with Gasteiger partial charge in [-0.2, -0.15) is 0 Å². The molecule has 0 saturated carbocycles. The topological polar surface area (TPSA) is 33.7 Å². The SMILES string of the molecule is CCNC1CCCN(CCOc2cccc(CCCCCOC)c2)C1. The average Bonchev–Trinajstić information content (AvgIpc) is 2.63. The van der Waals surface area contributed by atoms with Crippen molar-refractivity contribution < 1.29 is 9.47 Å². The van der Waals surface area contributed by atoms with Crippen LogP contribution in [0.5, 0.6) is 5.75 Å². The maximum atomic E-state index is 6.01. The first kappa shape index (κ1) is 20.2. The number of likely N-dealkylation sites (tertiary alicyclic amines) is 1. The molecule has 1 heterocycles. The Morgan fingerprint density at radius 3 is 2.96 bits per heavy atom. The molecule has 1 N–H and O–H groups in total. The van der Waals surface area contributed by atoms with Crippen molar-refractivity contribution in [3.63, 3.8) is 0 Å². The standard InChI is InChI=1S/C21H36N2O2/c1-3-22-20-11-8-13-23(18-20)14-16-25-21-12-7-10-19(17-21)9-5-4-6-15-24-2/h7,10,12,17,20,22H,3-6,8-9,11,13-16,18H2,1-2H3. The minimum Gasteiger partial charge on any atom is -0.492 e. The number of nitrogens with one attached hydrogen (secondary N) is 1. The average molecular weight is 349 g/mol. The Morgan fingerprint density at radius 1 is 1.20 bits per heavy atom. The molecule has 0 aromatic heterocycles. The number of piperidine rings is 1. The Hall–Kier alpha value is -1.10. The third-order valence-corrected chi connectivity index (χ3v) is 4.89. The molecule has 1 unspecified atom stereocenters. The van der Waals surface area contributed by atoms with Gasteiger partial charge in [-0.25, -0.2) is 0 Å². The fraction of sp³-hybridized carbons (Fsp3) is 0.714. The molecule has 1 aromatic rings. The molecule has 0 amide bonds. The van der Waals surface area contributed by atoms with Crippen LogP contribution in [-0.2, 0) is 11.2 Å². The Kier molecular flexibility index (Phi) is 9.93. The van der Waals surface area contributed by atoms with Gasteiger partial charge in [-0.1, -0.05) is 25.5 Å². The molecule has 142 valence electrons. The lowest BCUT2D eigenvalue weighted by Crippen LogP contribution is -2.46. The summed E-state index contributed by atoms with van der Waals surface area (Å²) in [6.07, 6.45) is 7.30. The fourth-order valence-electron chi connectivity index (χ4n) is 3.55. The van der Waals surface area contributed by atoms with E-state index >= 15 is 0 Å². The second-order valence-electron chi connectivity index (χ2n) is 7.00. The number of hydrogen-bond donors (Lipinski definition) is 1. The van der Waals surface area contributed by atoms with Gasteiger partial charge in [0.1, 0.15) is 12.4 Å². The van der Waals surface area contributed by atoms with Crippen LogP contribution in [0, 0.1) is 0 Å². The molecule has 0 bridgehead atoms. The zero-order chi connectivity index (χ0) is 17.7. The highest BCUT2D eigenvalue weighted by Crippen LogP contribution is 2.16. The van der Waals surface area contributed by atoms with Crippen LogP contribution in [0.2, 0.25) is 0 Å². The van der Waals surface area contributed by atoms with Crippen molar-refractivity contribution in [3.05, 3.63) is 29.8 Å². The Balaban J connectivity index is 1.66. The summed E-state index contributed by atoms with van der Waals surface area (Å²) >= 11 is 0. The molecular formula is C21H36N2O2. The number of ether oxygens (including phenoxy) is 2. The van der Waals surface area contributed by atoms with Crippen LogP contribution in [0.25, 0.3) is 0 Å². The molecule has 1 saturated heterocycles. The number of benzene rings is 1. The van der Waals surface area contributed by atoms with Gasteiger partial charge in [0.15, 0.2) is 0 Å². The van der Waals surface area contributed by atoms with Gasteiger partial charge >= 0.3 is 0 Å². The molecule has 25 heavy (non-hydrogen) atoms. The van der Waals surface area contributed by atoms with Crippen LogP contribution in [0.4, 0.5) is 0 Å².